The normalized spacial score (nSPS) is 18.8. The number of rotatable bonds is 11. The van der Waals surface area contributed by atoms with E-state index in [-0.39, 0.29) is 34.7 Å². The molecule has 10 nitrogen and oxygen atoms in total. The van der Waals surface area contributed by atoms with Crippen molar-refractivity contribution in [1.29, 1.82) is 0 Å². The first kappa shape index (κ1) is 34.4. The Morgan fingerprint density at radius 3 is 2.29 bits per heavy atom. The van der Waals surface area contributed by atoms with Crippen molar-refractivity contribution >= 4 is 41.0 Å². The van der Waals surface area contributed by atoms with Crippen LogP contribution < -0.4 is 24.2 Å². The molecule has 49 heavy (non-hydrogen) atoms. The van der Waals surface area contributed by atoms with Gasteiger partial charge in [-0.05, 0) is 79.2 Å². The number of aromatic nitrogens is 1. The summed E-state index contributed by atoms with van der Waals surface area (Å²) in [5.41, 5.74) is 2.87. The lowest BCUT2D eigenvalue weighted by molar-refractivity contribution is -0.904. The van der Waals surface area contributed by atoms with Crippen LogP contribution in [-0.2, 0) is 17.7 Å². The smallest absolute Gasteiger partial charge is 0.414 e. The number of benzene rings is 3. The predicted octanol–water partition coefficient (Wildman–Crippen LogP) is 5.51. The summed E-state index contributed by atoms with van der Waals surface area (Å²) in [6.45, 7) is 2.88. The summed E-state index contributed by atoms with van der Waals surface area (Å²) in [7, 11) is 3.04. The second kappa shape index (κ2) is 14.9. The third-order valence-corrected chi connectivity index (χ3v) is 10.1. The number of pyridine rings is 1. The number of aromatic carboxylic acids is 1. The Kier molecular flexibility index (Phi) is 10.5. The van der Waals surface area contributed by atoms with Gasteiger partial charge in [0, 0.05) is 34.0 Å². The molecule has 0 aliphatic carbocycles. The minimum absolute atomic E-state index is 0.0370. The molecule has 1 aromatic heterocycles. The number of fused-ring (bicyclic) bond motifs is 3. The molecule has 4 heterocycles. The maximum Gasteiger partial charge on any atom is 0.414 e. The summed E-state index contributed by atoms with van der Waals surface area (Å²) < 4.78 is 17.9. The van der Waals surface area contributed by atoms with Gasteiger partial charge in [0.2, 0.25) is 12.4 Å². The van der Waals surface area contributed by atoms with Crippen LogP contribution in [0.15, 0.2) is 79.1 Å². The quantitative estimate of drug-likeness (QED) is 0.161. The van der Waals surface area contributed by atoms with Crippen molar-refractivity contribution in [2.45, 2.75) is 37.8 Å². The maximum absolute atomic E-state index is 13.9. The molecule has 4 aromatic rings. The average molecular weight is 707 g/mol. The molecule has 3 aliphatic heterocycles. The number of amides is 1. The molecular formula is C37H37Cl2N3O7. The summed E-state index contributed by atoms with van der Waals surface area (Å²) in [5.74, 6) is -0.732. The standard InChI is InChI=1S/C37H37Cl2N3O7/c1-47-33-11-9-25(17-34(33)48-2)28(18-30-31(38)20-41(46)21-32(30)39)29-16-23(8-10-27(29)36(43)44)19-42(26-6-4-3-5-7-26)37(45)49-35-22-40-14-12-24(35)13-15-40/h3-11,16-17,20-21,24,28,35H,12-15,18-19,22H2,1-2H3,(H-,43,44,46)/t28-,35-/m0/s1. The summed E-state index contributed by atoms with van der Waals surface area (Å²) in [4.78, 5) is 30.4. The number of carbonyl (C=O) groups is 2. The van der Waals surface area contributed by atoms with Crippen LogP contribution in [0.25, 0.3) is 0 Å². The molecule has 2 atom stereocenters. The Balaban J connectivity index is 1.41. The lowest BCUT2D eigenvalue weighted by Gasteiger charge is -2.44. The molecule has 3 aromatic carbocycles. The first-order valence-corrected chi connectivity index (χ1v) is 16.8. The van der Waals surface area contributed by atoms with E-state index in [4.69, 9.17) is 37.4 Å². The second-order valence-corrected chi connectivity index (χ2v) is 13.2. The van der Waals surface area contributed by atoms with Gasteiger partial charge in [-0.25, -0.2) is 4.79 Å². The number of carbonyl (C=O) groups excluding carboxylic acids is 2. The topological polar surface area (TPSA) is 115 Å². The van der Waals surface area contributed by atoms with Gasteiger partial charge in [-0.1, -0.05) is 65.7 Å². The van der Waals surface area contributed by atoms with Crippen LogP contribution in [0.1, 0.15) is 51.4 Å². The molecule has 0 saturated carbocycles. The van der Waals surface area contributed by atoms with Gasteiger partial charge in [0.1, 0.15) is 16.1 Å². The first-order valence-electron chi connectivity index (χ1n) is 16.0. The van der Waals surface area contributed by atoms with Crippen LogP contribution in [0.4, 0.5) is 10.5 Å². The molecule has 2 bridgehead atoms. The predicted molar refractivity (Wildman–Crippen MR) is 182 cm³/mol. The SMILES string of the molecule is COc1ccc([C@H](Cc2c(Cl)c[n+](O)cc2Cl)c2cc(CN(C(=O)O[C@H]3CN4CCC3CC4)c3ccccc3)ccc2C(=O)[O-])cc1OC. The van der Waals surface area contributed by atoms with Gasteiger partial charge < -0.3 is 24.1 Å². The van der Waals surface area contributed by atoms with Gasteiger partial charge in [-0.15, -0.1) is 0 Å². The van der Waals surface area contributed by atoms with Gasteiger partial charge >= 0.3 is 6.09 Å². The van der Waals surface area contributed by atoms with Gasteiger partial charge in [0.15, 0.2) is 11.5 Å². The molecule has 1 N–H and O–H groups in total. The van der Waals surface area contributed by atoms with Crippen LogP contribution in [0.3, 0.4) is 0 Å². The summed E-state index contributed by atoms with van der Waals surface area (Å²) in [6.07, 6.45) is 4.12. The van der Waals surface area contributed by atoms with Crippen molar-refractivity contribution in [1.82, 2.24) is 4.90 Å². The van der Waals surface area contributed by atoms with E-state index in [9.17, 15) is 19.9 Å². The molecule has 12 heteroatoms. The third kappa shape index (κ3) is 7.56. The Morgan fingerprint density at radius 2 is 1.67 bits per heavy atom. The Bertz CT molecular complexity index is 1810. The fraction of sp³-hybridized carbons (Fsp3) is 0.324. The Hall–Kier alpha value is -4.51. The van der Waals surface area contributed by atoms with E-state index in [0.29, 0.717) is 45.4 Å². The first-order chi connectivity index (χ1) is 23.6. The fourth-order valence-electron chi connectivity index (χ4n) is 6.89. The van der Waals surface area contributed by atoms with E-state index in [1.165, 1.54) is 32.7 Å². The minimum Gasteiger partial charge on any atom is -0.545 e. The highest BCUT2D eigenvalue weighted by Crippen LogP contribution is 2.39. The van der Waals surface area contributed by atoms with E-state index >= 15 is 0 Å². The minimum atomic E-state index is -1.37. The Labute approximate surface area is 294 Å². The Morgan fingerprint density at radius 1 is 0.980 bits per heavy atom. The van der Waals surface area contributed by atoms with Gasteiger partial charge in [-0.2, -0.15) is 0 Å². The highest BCUT2D eigenvalue weighted by molar-refractivity contribution is 6.35. The van der Waals surface area contributed by atoms with Crippen LogP contribution in [0.5, 0.6) is 11.5 Å². The number of ether oxygens (including phenoxy) is 3. The van der Waals surface area contributed by atoms with Crippen molar-refractivity contribution in [2.24, 2.45) is 5.92 Å². The number of methoxy groups -OCH3 is 2. The maximum atomic E-state index is 13.9. The van der Waals surface area contributed by atoms with E-state index in [2.05, 4.69) is 4.90 Å². The van der Waals surface area contributed by atoms with E-state index in [1.807, 2.05) is 36.4 Å². The molecule has 0 radical (unpaired) electrons. The molecule has 3 saturated heterocycles. The average Bonchev–Trinajstić information content (AvgIpc) is 3.10. The zero-order chi connectivity index (χ0) is 34.7. The molecule has 3 aliphatic rings. The number of anilines is 1. The molecule has 3 fully saturated rings. The lowest BCUT2D eigenvalue weighted by Crippen LogP contribution is -2.53. The van der Waals surface area contributed by atoms with E-state index in [1.54, 1.807) is 29.2 Å². The van der Waals surface area contributed by atoms with Crippen molar-refractivity contribution < 1.29 is 38.8 Å². The molecule has 1 amide bonds. The van der Waals surface area contributed by atoms with Gasteiger partial charge in [-0.3, -0.25) is 15.0 Å². The van der Waals surface area contributed by atoms with Crippen molar-refractivity contribution in [2.75, 3.05) is 38.8 Å². The van der Waals surface area contributed by atoms with E-state index in [0.717, 1.165) is 37.2 Å². The number of hydrogen-bond acceptors (Lipinski definition) is 8. The lowest BCUT2D eigenvalue weighted by atomic mass is 9.82. The van der Waals surface area contributed by atoms with Crippen LogP contribution in [-0.4, -0.2) is 62.1 Å². The summed E-state index contributed by atoms with van der Waals surface area (Å²) in [5, 5.41) is 23.0. The largest absolute Gasteiger partial charge is 0.545 e. The number of hydrogen-bond donors (Lipinski definition) is 1. The number of halogens is 2. The monoisotopic (exact) mass is 705 g/mol. The molecule has 256 valence electrons. The second-order valence-electron chi connectivity index (χ2n) is 12.4. The van der Waals surface area contributed by atoms with Gasteiger partial charge in [0.05, 0.1) is 26.7 Å². The summed E-state index contributed by atoms with van der Waals surface area (Å²) in [6, 6.07) is 19.5. The molecule has 7 rings (SSSR count). The summed E-state index contributed by atoms with van der Waals surface area (Å²) >= 11 is 13.1. The van der Waals surface area contributed by atoms with Crippen molar-refractivity contribution in [3.63, 3.8) is 0 Å². The van der Waals surface area contributed by atoms with Crippen molar-refractivity contribution in [3.05, 3.63) is 117 Å². The molecule has 0 unspecified atom stereocenters. The van der Waals surface area contributed by atoms with Crippen molar-refractivity contribution in [3.8, 4) is 11.5 Å². The van der Waals surface area contributed by atoms with Crippen LogP contribution in [0.2, 0.25) is 10.0 Å². The fourth-order valence-corrected chi connectivity index (χ4v) is 7.50. The zero-order valence-corrected chi connectivity index (χ0v) is 28.7. The third-order valence-electron chi connectivity index (χ3n) is 9.47. The molecule has 0 spiro atoms. The van der Waals surface area contributed by atoms with Gasteiger partial charge in [0.25, 0.3) is 0 Å². The van der Waals surface area contributed by atoms with Crippen LogP contribution in [0, 0.1) is 5.92 Å². The number of piperidine rings is 3. The zero-order valence-electron chi connectivity index (χ0n) is 27.2. The highest BCUT2D eigenvalue weighted by Gasteiger charge is 2.37. The number of carboxylic acids is 1. The van der Waals surface area contributed by atoms with Crippen LogP contribution >= 0.6 is 23.2 Å². The number of para-hydroxylation sites is 1. The van der Waals surface area contributed by atoms with E-state index < -0.39 is 18.0 Å². The molecular weight excluding hydrogens is 669 g/mol. The number of carboxylic acid groups (broad SMARTS) is 1. The number of nitrogens with zero attached hydrogens (tertiary/aromatic N) is 3. The highest BCUT2D eigenvalue weighted by atomic mass is 35.5.